The van der Waals surface area contributed by atoms with Gasteiger partial charge in [-0.05, 0) is 42.4 Å². The lowest BCUT2D eigenvalue weighted by Gasteiger charge is -2.18. The first-order chi connectivity index (χ1) is 9.76. The van der Waals surface area contributed by atoms with E-state index in [-0.39, 0.29) is 4.87 Å². The quantitative estimate of drug-likeness (QED) is 0.813. The molecule has 1 aliphatic carbocycles. The van der Waals surface area contributed by atoms with E-state index in [9.17, 15) is 4.79 Å². The van der Waals surface area contributed by atoms with Gasteiger partial charge in [0.25, 0.3) is 0 Å². The molecule has 0 bridgehead atoms. The molecule has 0 unspecified atom stereocenters. The van der Waals surface area contributed by atoms with E-state index in [0.717, 1.165) is 22.4 Å². The monoisotopic (exact) mass is 290 g/mol. The maximum atomic E-state index is 12.2. The zero-order valence-electron chi connectivity index (χ0n) is 11.8. The second-order valence-electron chi connectivity index (χ2n) is 5.56. The minimum atomic E-state index is 0.147. The van der Waals surface area contributed by atoms with Crippen molar-refractivity contribution in [2.75, 3.05) is 7.11 Å². The first-order valence-electron chi connectivity index (χ1n) is 7.27. The van der Waals surface area contributed by atoms with E-state index >= 15 is 0 Å². The van der Waals surface area contributed by atoms with Crippen LogP contribution in [-0.2, 0) is 6.54 Å². The number of hydrogen-bond donors (Lipinski definition) is 0. The second kappa shape index (κ2) is 5.92. The van der Waals surface area contributed by atoms with Gasteiger partial charge in [0.1, 0.15) is 5.75 Å². The van der Waals surface area contributed by atoms with Gasteiger partial charge in [-0.2, -0.15) is 4.57 Å². The van der Waals surface area contributed by atoms with E-state index in [2.05, 4.69) is 0 Å². The Hall–Kier alpha value is -1.42. The van der Waals surface area contributed by atoms with Gasteiger partial charge in [0, 0.05) is 5.92 Å². The molecule has 1 heterocycles. The molecule has 1 aromatic heterocycles. The molecule has 2 aromatic rings. The molecule has 106 valence electrons. The van der Waals surface area contributed by atoms with E-state index in [1.165, 1.54) is 43.4 Å². The number of aromatic nitrogens is 1. The zero-order valence-corrected chi connectivity index (χ0v) is 12.6. The van der Waals surface area contributed by atoms with Crippen LogP contribution in [0.25, 0.3) is 10.1 Å². The van der Waals surface area contributed by atoms with Crippen LogP contribution in [0, 0.1) is 5.92 Å². The SMILES string of the molecule is COc1ccc2sc(=O)[n+](CC3CCCCC3)cc2c1. The average Bonchev–Trinajstić information content (AvgIpc) is 2.48. The Morgan fingerprint density at radius 1 is 1.30 bits per heavy atom. The van der Waals surface area contributed by atoms with E-state index < -0.39 is 0 Å². The summed E-state index contributed by atoms with van der Waals surface area (Å²) >= 11 is 1.33. The predicted octanol–water partition coefficient (Wildman–Crippen LogP) is 3.14. The van der Waals surface area contributed by atoms with Gasteiger partial charge in [-0.25, -0.2) is 4.79 Å². The zero-order chi connectivity index (χ0) is 13.9. The van der Waals surface area contributed by atoms with Gasteiger partial charge < -0.3 is 4.74 Å². The van der Waals surface area contributed by atoms with Crippen LogP contribution < -0.4 is 14.2 Å². The Morgan fingerprint density at radius 3 is 2.85 bits per heavy atom. The predicted molar refractivity (Wildman–Crippen MR) is 81.4 cm³/mol. The van der Waals surface area contributed by atoms with Crippen molar-refractivity contribution in [2.24, 2.45) is 5.92 Å². The average molecular weight is 290 g/mol. The van der Waals surface area contributed by atoms with Crippen LogP contribution in [0.2, 0.25) is 0 Å². The van der Waals surface area contributed by atoms with Gasteiger partial charge in [-0.1, -0.05) is 19.3 Å². The fourth-order valence-corrected chi connectivity index (χ4v) is 3.79. The standard InChI is InChI=1S/C16H20NO2S/c1-19-14-7-8-15-13(9-14)11-17(16(18)20-15)10-12-5-3-2-4-6-12/h7-9,11-12H,2-6,10H2,1H3/q+1. The molecule has 1 aliphatic rings. The molecule has 3 rings (SSSR count). The minimum Gasteiger partial charge on any atom is -0.497 e. The van der Waals surface area contributed by atoms with Crippen LogP contribution >= 0.6 is 11.3 Å². The van der Waals surface area contributed by atoms with Crippen molar-refractivity contribution < 1.29 is 9.30 Å². The van der Waals surface area contributed by atoms with Crippen LogP contribution in [0.15, 0.2) is 29.2 Å². The summed E-state index contributed by atoms with van der Waals surface area (Å²) in [6, 6.07) is 5.87. The number of hydrogen-bond acceptors (Lipinski definition) is 3. The molecule has 4 heteroatoms. The molecule has 0 spiro atoms. The van der Waals surface area contributed by atoms with Gasteiger partial charge in [-0.15, -0.1) is 0 Å². The molecule has 1 aromatic carbocycles. The lowest BCUT2D eigenvalue weighted by molar-refractivity contribution is -0.712. The van der Waals surface area contributed by atoms with E-state index in [0.29, 0.717) is 5.92 Å². The summed E-state index contributed by atoms with van der Waals surface area (Å²) < 4.78 is 8.17. The fourth-order valence-electron chi connectivity index (χ4n) is 3.00. The largest absolute Gasteiger partial charge is 0.497 e. The molecular weight excluding hydrogens is 270 g/mol. The van der Waals surface area contributed by atoms with Gasteiger partial charge >= 0.3 is 4.87 Å². The maximum absolute atomic E-state index is 12.2. The summed E-state index contributed by atoms with van der Waals surface area (Å²) in [6.07, 6.45) is 8.48. The Balaban J connectivity index is 1.93. The third kappa shape index (κ3) is 2.85. The number of methoxy groups -OCH3 is 1. The lowest BCUT2D eigenvalue weighted by atomic mass is 9.89. The van der Waals surface area contributed by atoms with Gasteiger partial charge in [0.15, 0.2) is 12.7 Å². The maximum Gasteiger partial charge on any atom is 0.473 e. The molecule has 20 heavy (non-hydrogen) atoms. The van der Waals surface area contributed by atoms with Gasteiger partial charge in [0.05, 0.1) is 17.2 Å². The van der Waals surface area contributed by atoms with Crippen molar-refractivity contribution in [1.82, 2.24) is 0 Å². The highest BCUT2D eigenvalue weighted by atomic mass is 32.1. The first kappa shape index (κ1) is 13.6. The summed E-state index contributed by atoms with van der Waals surface area (Å²) in [5.74, 6) is 1.50. The van der Waals surface area contributed by atoms with E-state index in [1.807, 2.05) is 29.0 Å². The van der Waals surface area contributed by atoms with Crippen LogP contribution in [-0.4, -0.2) is 7.11 Å². The molecular formula is C16H20NO2S+. The minimum absolute atomic E-state index is 0.147. The molecule has 0 radical (unpaired) electrons. The molecule has 0 saturated heterocycles. The molecule has 0 aliphatic heterocycles. The van der Waals surface area contributed by atoms with Crippen LogP contribution in [0.1, 0.15) is 32.1 Å². The van der Waals surface area contributed by atoms with Crippen LogP contribution in [0.4, 0.5) is 0 Å². The second-order valence-corrected chi connectivity index (χ2v) is 6.55. The molecule has 1 fully saturated rings. The Labute approximate surface area is 122 Å². The highest BCUT2D eigenvalue weighted by molar-refractivity contribution is 7.15. The van der Waals surface area contributed by atoms with Crippen molar-refractivity contribution in [3.05, 3.63) is 34.1 Å². The van der Waals surface area contributed by atoms with E-state index in [1.54, 1.807) is 7.11 Å². The Bertz CT molecular complexity index is 659. The Kier molecular flexibility index (Phi) is 4.01. The number of nitrogens with zero attached hydrogens (tertiary/aromatic N) is 1. The normalized spacial score (nSPS) is 16.4. The number of ether oxygens (including phenoxy) is 1. The summed E-state index contributed by atoms with van der Waals surface area (Å²) in [5, 5.41) is 1.09. The summed E-state index contributed by atoms with van der Waals surface area (Å²) in [5.41, 5.74) is 0. The third-order valence-corrected chi connectivity index (χ3v) is 5.12. The third-order valence-electron chi connectivity index (χ3n) is 4.12. The van der Waals surface area contributed by atoms with Crippen LogP contribution in [0.5, 0.6) is 5.75 Å². The fraction of sp³-hybridized carbons (Fsp3) is 0.500. The molecule has 0 atom stereocenters. The summed E-state index contributed by atoms with van der Waals surface area (Å²) in [7, 11) is 1.67. The molecule has 0 amide bonds. The summed E-state index contributed by atoms with van der Waals surface area (Å²) in [4.78, 5) is 12.4. The van der Waals surface area contributed by atoms with Gasteiger partial charge in [0.2, 0.25) is 0 Å². The van der Waals surface area contributed by atoms with Crippen LogP contribution in [0.3, 0.4) is 0 Å². The summed E-state index contributed by atoms with van der Waals surface area (Å²) in [6.45, 7) is 0.864. The number of rotatable bonds is 3. The molecule has 1 saturated carbocycles. The smallest absolute Gasteiger partial charge is 0.473 e. The highest BCUT2D eigenvalue weighted by Gasteiger charge is 2.20. The van der Waals surface area contributed by atoms with Crippen molar-refractivity contribution in [3.8, 4) is 5.75 Å². The highest BCUT2D eigenvalue weighted by Crippen LogP contribution is 2.24. The van der Waals surface area contributed by atoms with Gasteiger partial charge in [-0.3, -0.25) is 0 Å². The topological polar surface area (TPSA) is 30.2 Å². The Morgan fingerprint density at radius 2 is 2.10 bits per heavy atom. The van der Waals surface area contributed by atoms with E-state index in [4.69, 9.17) is 4.74 Å². The number of benzene rings is 1. The van der Waals surface area contributed by atoms with Crippen molar-refractivity contribution in [1.29, 1.82) is 0 Å². The van der Waals surface area contributed by atoms with Crippen molar-refractivity contribution >= 4 is 21.4 Å². The molecule has 3 nitrogen and oxygen atoms in total. The van der Waals surface area contributed by atoms with Crippen molar-refractivity contribution in [2.45, 2.75) is 38.6 Å². The number of fused-ring (bicyclic) bond motifs is 1. The molecule has 0 N–H and O–H groups in total. The van der Waals surface area contributed by atoms with Crippen molar-refractivity contribution in [3.63, 3.8) is 0 Å². The lowest BCUT2D eigenvalue weighted by Crippen LogP contribution is -2.50. The first-order valence-corrected chi connectivity index (χ1v) is 8.09.